The molecule has 0 bridgehead atoms. The van der Waals surface area contributed by atoms with E-state index in [1.807, 2.05) is 30.3 Å². The van der Waals surface area contributed by atoms with Crippen molar-refractivity contribution in [3.8, 4) is 0 Å². The van der Waals surface area contributed by atoms with E-state index in [-0.39, 0.29) is 12.4 Å². The van der Waals surface area contributed by atoms with Gasteiger partial charge < -0.3 is 10.2 Å². The normalized spacial score (nSPS) is 10.2. The summed E-state index contributed by atoms with van der Waals surface area (Å²) >= 11 is 0. The molecule has 120 valence electrons. The van der Waals surface area contributed by atoms with Gasteiger partial charge in [0.2, 0.25) is 0 Å². The summed E-state index contributed by atoms with van der Waals surface area (Å²) in [6.07, 6.45) is 0.341. The summed E-state index contributed by atoms with van der Waals surface area (Å²) in [5.41, 5.74) is 1.46. The third-order valence-corrected chi connectivity index (χ3v) is 3.44. The summed E-state index contributed by atoms with van der Waals surface area (Å²) in [6, 6.07) is 15.8. The van der Waals surface area contributed by atoms with Crippen molar-refractivity contribution in [2.45, 2.75) is 13.0 Å². The largest absolute Gasteiger partial charge is 0.347 e. The van der Waals surface area contributed by atoms with Gasteiger partial charge in [0.25, 0.3) is 0 Å². The Morgan fingerprint density at radius 1 is 1.04 bits per heavy atom. The second kappa shape index (κ2) is 8.08. The highest BCUT2D eigenvalue weighted by atomic mass is 19.1. The van der Waals surface area contributed by atoms with Gasteiger partial charge in [-0.3, -0.25) is 9.59 Å². The topological polar surface area (TPSA) is 49.4 Å². The number of benzene rings is 2. The zero-order valence-corrected chi connectivity index (χ0v) is 13.0. The number of hydrogen-bond donors (Lipinski definition) is 1. The Hall–Kier alpha value is -2.69. The predicted octanol–water partition coefficient (Wildman–Crippen LogP) is 2.14. The molecule has 2 rings (SSSR count). The molecule has 0 heterocycles. The van der Waals surface area contributed by atoms with E-state index in [0.29, 0.717) is 18.5 Å². The van der Waals surface area contributed by atoms with Crippen LogP contribution in [0.4, 0.5) is 4.39 Å². The van der Waals surface area contributed by atoms with Crippen LogP contribution >= 0.6 is 0 Å². The van der Waals surface area contributed by atoms with Crippen molar-refractivity contribution < 1.29 is 14.0 Å². The molecule has 0 aliphatic carbocycles. The van der Waals surface area contributed by atoms with Crippen LogP contribution in [0.3, 0.4) is 0 Å². The van der Waals surface area contributed by atoms with Gasteiger partial charge in [0.15, 0.2) is 0 Å². The van der Waals surface area contributed by atoms with Gasteiger partial charge in [0.05, 0.1) is 0 Å². The minimum absolute atomic E-state index is 0.213. The Bertz CT molecular complexity index is 674. The maximum atomic E-state index is 13.5. The van der Waals surface area contributed by atoms with E-state index in [9.17, 15) is 14.0 Å². The molecule has 0 aliphatic rings. The summed E-state index contributed by atoms with van der Waals surface area (Å²) in [4.78, 5) is 25.2. The molecular weight excluding hydrogens is 295 g/mol. The van der Waals surface area contributed by atoms with Crippen LogP contribution in [0, 0.1) is 5.82 Å². The van der Waals surface area contributed by atoms with Crippen LogP contribution in [0.5, 0.6) is 0 Å². The number of likely N-dealkylation sites (N-methyl/N-ethyl adjacent to an activating group) is 1. The van der Waals surface area contributed by atoms with Crippen molar-refractivity contribution in [3.63, 3.8) is 0 Å². The smallest absolute Gasteiger partial charge is 0.311 e. The second-order valence-electron chi connectivity index (χ2n) is 5.24. The van der Waals surface area contributed by atoms with Gasteiger partial charge in [-0.2, -0.15) is 0 Å². The number of carbonyl (C=O) groups excluding carboxylic acids is 2. The van der Waals surface area contributed by atoms with Crippen molar-refractivity contribution in [2.75, 3.05) is 13.6 Å². The SMILES string of the molecule is CN(Cc1ccccc1)C(=O)C(=O)NCCc1ccccc1F. The van der Waals surface area contributed by atoms with E-state index in [2.05, 4.69) is 5.32 Å². The highest BCUT2D eigenvalue weighted by Gasteiger charge is 2.18. The number of amides is 2. The van der Waals surface area contributed by atoms with Gasteiger partial charge in [0, 0.05) is 20.1 Å². The number of nitrogens with one attached hydrogen (secondary N) is 1. The van der Waals surface area contributed by atoms with Crippen molar-refractivity contribution in [1.82, 2.24) is 10.2 Å². The summed E-state index contributed by atoms with van der Waals surface area (Å²) < 4.78 is 13.5. The van der Waals surface area contributed by atoms with Crippen LogP contribution in [0.25, 0.3) is 0 Å². The molecule has 0 radical (unpaired) electrons. The van der Waals surface area contributed by atoms with Gasteiger partial charge in [0.1, 0.15) is 5.82 Å². The van der Waals surface area contributed by atoms with E-state index in [1.54, 1.807) is 25.2 Å². The average molecular weight is 314 g/mol. The molecule has 0 spiro atoms. The fraction of sp³-hybridized carbons (Fsp3) is 0.222. The number of hydrogen-bond acceptors (Lipinski definition) is 2. The second-order valence-corrected chi connectivity index (χ2v) is 5.24. The molecule has 1 N–H and O–H groups in total. The van der Waals surface area contributed by atoms with Crippen molar-refractivity contribution in [2.24, 2.45) is 0 Å². The monoisotopic (exact) mass is 314 g/mol. The van der Waals surface area contributed by atoms with Crippen LogP contribution < -0.4 is 5.32 Å². The van der Waals surface area contributed by atoms with Crippen molar-refractivity contribution in [1.29, 1.82) is 0 Å². The van der Waals surface area contributed by atoms with Crippen molar-refractivity contribution in [3.05, 3.63) is 71.5 Å². The third-order valence-electron chi connectivity index (χ3n) is 3.44. The van der Waals surface area contributed by atoms with Gasteiger partial charge in [-0.15, -0.1) is 0 Å². The molecular formula is C18H19FN2O2. The number of carbonyl (C=O) groups is 2. The van der Waals surface area contributed by atoms with Crippen LogP contribution in [-0.4, -0.2) is 30.3 Å². The lowest BCUT2D eigenvalue weighted by atomic mass is 10.1. The van der Waals surface area contributed by atoms with Crippen LogP contribution in [0.15, 0.2) is 54.6 Å². The molecule has 0 aliphatic heterocycles. The Labute approximate surface area is 134 Å². The molecule has 4 nitrogen and oxygen atoms in total. The molecule has 23 heavy (non-hydrogen) atoms. The maximum absolute atomic E-state index is 13.5. The zero-order chi connectivity index (χ0) is 16.7. The standard InChI is InChI=1S/C18H19FN2O2/c1-21(13-14-7-3-2-4-8-14)18(23)17(22)20-12-11-15-9-5-6-10-16(15)19/h2-10H,11-13H2,1H3,(H,20,22). The fourth-order valence-corrected chi connectivity index (χ4v) is 2.19. The molecule has 0 fully saturated rings. The Kier molecular flexibility index (Phi) is 5.86. The molecule has 0 atom stereocenters. The molecule has 2 amide bonds. The lowest BCUT2D eigenvalue weighted by Gasteiger charge is -2.16. The summed E-state index contributed by atoms with van der Waals surface area (Å²) in [6.45, 7) is 0.574. The summed E-state index contributed by atoms with van der Waals surface area (Å²) in [5.74, 6) is -1.60. The Morgan fingerprint density at radius 2 is 1.70 bits per heavy atom. The summed E-state index contributed by atoms with van der Waals surface area (Å²) in [5, 5.41) is 2.53. The molecule has 2 aromatic carbocycles. The molecule has 0 saturated carbocycles. The summed E-state index contributed by atoms with van der Waals surface area (Å²) in [7, 11) is 1.58. The van der Waals surface area contributed by atoms with Gasteiger partial charge in [-0.25, -0.2) is 4.39 Å². The van der Waals surface area contributed by atoms with Gasteiger partial charge in [-0.05, 0) is 23.6 Å². The molecule has 0 saturated heterocycles. The molecule has 2 aromatic rings. The van der Waals surface area contributed by atoms with Crippen LogP contribution in [-0.2, 0) is 22.6 Å². The quantitative estimate of drug-likeness (QED) is 0.860. The first-order chi connectivity index (χ1) is 11.1. The number of rotatable bonds is 5. The lowest BCUT2D eigenvalue weighted by Crippen LogP contribution is -2.41. The Balaban J connectivity index is 1.80. The fourth-order valence-electron chi connectivity index (χ4n) is 2.19. The van der Waals surface area contributed by atoms with Gasteiger partial charge in [-0.1, -0.05) is 48.5 Å². The van der Waals surface area contributed by atoms with Crippen LogP contribution in [0.2, 0.25) is 0 Å². The first kappa shape index (κ1) is 16.7. The van der Waals surface area contributed by atoms with E-state index in [1.165, 1.54) is 11.0 Å². The van der Waals surface area contributed by atoms with E-state index in [0.717, 1.165) is 5.56 Å². The average Bonchev–Trinajstić information content (AvgIpc) is 2.56. The number of halogens is 1. The van der Waals surface area contributed by atoms with E-state index in [4.69, 9.17) is 0 Å². The highest BCUT2D eigenvalue weighted by molar-refractivity contribution is 6.34. The first-order valence-electron chi connectivity index (χ1n) is 7.38. The highest BCUT2D eigenvalue weighted by Crippen LogP contribution is 2.06. The lowest BCUT2D eigenvalue weighted by molar-refractivity contribution is -0.145. The minimum atomic E-state index is -0.681. The van der Waals surface area contributed by atoms with Gasteiger partial charge >= 0.3 is 11.8 Å². The maximum Gasteiger partial charge on any atom is 0.311 e. The Morgan fingerprint density at radius 3 is 2.39 bits per heavy atom. The number of nitrogens with zero attached hydrogens (tertiary/aromatic N) is 1. The van der Waals surface area contributed by atoms with Crippen LogP contribution in [0.1, 0.15) is 11.1 Å². The van der Waals surface area contributed by atoms with E-state index < -0.39 is 11.8 Å². The molecule has 0 aromatic heterocycles. The predicted molar refractivity (Wildman–Crippen MR) is 86.0 cm³/mol. The third kappa shape index (κ3) is 4.92. The minimum Gasteiger partial charge on any atom is -0.347 e. The zero-order valence-electron chi connectivity index (χ0n) is 13.0. The first-order valence-corrected chi connectivity index (χ1v) is 7.38. The van der Waals surface area contributed by atoms with Crippen molar-refractivity contribution >= 4 is 11.8 Å². The van der Waals surface area contributed by atoms with E-state index >= 15 is 0 Å². The molecule has 0 unspecified atom stereocenters. The molecule has 5 heteroatoms.